The van der Waals surface area contributed by atoms with E-state index >= 15 is 0 Å². The molecule has 0 radical (unpaired) electrons. The number of nitrogens with zero attached hydrogens (tertiary/aromatic N) is 1. The zero-order valence-electron chi connectivity index (χ0n) is 12.3. The van der Waals surface area contributed by atoms with E-state index in [2.05, 4.69) is 5.32 Å². The molecule has 2 aromatic carbocycles. The van der Waals surface area contributed by atoms with E-state index < -0.39 is 0 Å². The van der Waals surface area contributed by atoms with Crippen LogP contribution in [0, 0.1) is 0 Å². The number of benzene rings is 2. The van der Waals surface area contributed by atoms with E-state index in [-0.39, 0.29) is 18.1 Å². The van der Waals surface area contributed by atoms with Gasteiger partial charge in [-0.3, -0.25) is 4.79 Å². The summed E-state index contributed by atoms with van der Waals surface area (Å²) in [4.78, 5) is 14.6. The number of para-hydroxylation sites is 1. The van der Waals surface area contributed by atoms with Crippen LogP contribution in [0.15, 0.2) is 42.5 Å². The molecular formula is C17H16Cl2N2O. The summed E-state index contributed by atoms with van der Waals surface area (Å²) in [6, 6.07) is 12.9. The Labute approximate surface area is 139 Å². The zero-order valence-corrected chi connectivity index (χ0v) is 13.8. The highest BCUT2D eigenvalue weighted by molar-refractivity contribution is 6.35. The van der Waals surface area contributed by atoms with Gasteiger partial charge in [-0.25, -0.2) is 0 Å². The van der Waals surface area contributed by atoms with E-state index in [0.29, 0.717) is 15.6 Å². The van der Waals surface area contributed by atoms with Gasteiger partial charge in [0.1, 0.15) is 6.17 Å². The van der Waals surface area contributed by atoms with Crippen molar-refractivity contribution in [2.45, 2.75) is 26.1 Å². The number of nitrogens with one attached hydrogen (secondary N) is 1. The third-order valence-electron chi connectivity index (χ3n) is 3.78. The number of hydrogen-bond acceptors (Lipinski definition) is 2. The summed E-state index contributed by atoms with van der Waals surface area (Å²) in [6.45, 7) is 3.98. The van der Waals surface area contributed by atoms with Gasteiger partial charge in [-0.2, -0.15) is 0 Å². The molecule has 0 spiro atoms. The van der Waals surface area contributed by atoms with Crippen molar-refractivity contribution in [1.29, 1.82) is 0 Å². The number of hydrogen-bond donors (Lipinski definition) is 1. The van der Waals surface area contributed by atoms with Crippen LogP contribution in [0.3, 0.4) is 0 Å². The summed E-state index contributed by atoms with van der Waals surface area (Å²) in [7, 11) is 0. The molecule has 114 valence electrons. The normalized spacial score (nSPS) is 17.4. The lowest BCUT2D eigenvalue weighted by molar-refractivity contribution is 0.0617. The minimum absolute atomic E-state index is 0.000340. The first-order chi connectivity index (χ1) is 10.5. The van der Waals surface area contributed by atoms with E-state index in [1.54, 1.807) is 17.0 Å². The molecule has 0 saturated carbocycles. The van der Waals surface area contributed by atoms with Crippen LogP contribution in [-0.4, -0.2) is 16.8 Å². The standard InChI is InChI=1S/C17H16Cl2N2O/c1-10(2)21-16(12-8-7-11(18)9-14(12)19)20-15-6-4-3-5-13(15)17(21)22/h3-10,16,20H,1-2H3. The number of anilines is 1. The molecule has 1 N–H and O–H groups in total. The lowest BCUT2D eigenvalue weighted by Crippen LogP contribution is -2.46. The Morgan fingerprint density at radius 3 is 2.55 bits per heavy atom. The second-order valence-corrected chi connectivity index (χ2v) is 6.41. The summed E-state index contributed by atoms with van der Waals surface area (Å²) in [5.41, 5.74) is 2.33. The Bertz CT molecular complexity index is 730. The largest absolute Gasteiger partial charge is 0.361 e. The first-order valence-electron chi connectivity index (χ1n) is 7.12. The highest BCUT2D eigenvalue weighted by Gasteiger charge is 2.35. The number of carbonyl (C=O) groups is 1. The summed E-state index contributed by atoms with van der Waals surface area (Å²) in [6.07, 6.45) is -0.313. The first-order valence-corrected chi connectivity index (χ1v) is 7.88. The molecule has 0 bridgehead atoms. The number of fused-ring (bicyclic) bond motifs is 1. The molecule has 1 aliphatic rings. The average molecular weight is 335 g/mol. The van der Waals surface area contributed by atoms with Crippen molar-refractivity contribution in [2.24, 2.45) is 0 Å². The molecule has 0 aliphatic carbocycles. The maximum Gasteiger partial charge on any atom is 0.258 e. The maximum atomic E-state index is 12.8. The van der Waals surface area contributed by atoms with E-state index in [0.717, 1.165) is 11.3 Å². The lowest BCUT2D eigenvalue weighted by Gasteiger charge is -2.41. The number of rotatable bonds is 2. The van der Waals surface area contributed by atoms with Gasteiger partial charge in [-0.15, -0.1) is 0 Å². The van der Waals surface area contributed by atoms with Gasteiger partial charge >= 0.3 is 0 Å². The molecule has 0 aromatic heterocycles. The van der Waals surface area contributed by atoms with Gasteiger partial charge in [0.2, 0.25) is 0 Å². The number of halogens is 2. The summed E-state index contributed by atoms with van der Waals surface area (Å²) < 4.78 is 0. The Morgan fingerprint density at radius 2 is 1.86 bits per heavy atom. The smallest absolute Gasteiger partial charge is 0.258 e. The van der Waals surface area contributed by atoms with E-state index in [9.17, 15) is 4.79 Å². The quantitative estimate of drug-likeness (QED) is 0.840. The van der Waals surface area contributed by atoms with Crippen molar-refractivity contribution in [2.75, 3.05) is 5.32 Å². The van der Waals surface area contributed by atoms with Crippen molar-refractivity contribution in [3.05, 3.63) is 63.6 Å². The molecule has 1 unspecified atom stereocenters. The molecule has 1 heterocycles. The molecule has 1 amide bonds. The monoisotopic (exact) mass is 334 g/mol. The molecule has 2 aromatic rings. The highest BCUT2D eigenvalue weighted by atomic mass is 35.5. The predicted molar refractivity (Wildman–Crippen MR) is 90.6 cm³/mol. The fourth-order valence-corrected chi connectivity index (χ4v) is 3.26. The first kappa shape index (κ1) is 15.2. The second kappa shape index (κ2) is 5.82. The fraction of sp³-hybridized carbons (Fsp3) is 0.235. The van der Waals surface area contributed by atoms with Crippen LogP contribution in [-0.2, 0) is 0 Å². The molecule has 1 atom stereocenters. The van der Waals surface area contributed by atoms with Gasteiger partial charge in [0.25, 0.3) is 5.91 Å². The third kappa shape index (κ3) is 2.55. The topological polar surface area (TPSA) is 32.3 Å². The van der Waals surface area contributed by atoms with Crippen molar-refractivity contribution in [3.63, 3.8) is 0 Å². The van der Waals surface area contributed by atoms with Crippen LogP contribution in [0.2, 0.25) is 10.0 Å². The van der Waals surface area contributed by atoms with Crippen molar-refractivity contribution >= 4 is 34.8 Å². The zero-order chi connectivity index (χ0) is 15.9. The van der Waals surface area contributed by atoms with Crippen molar-refractivity contribution in [1.82, 2.24) is 4.90 Å². The molecule has 3 rings (SSSR count). The summed E-state index contributed by atoms with van der Waals surface area (Å²) >= 11 is 12.3. The Morgan fingerprint density at radius 1 is 1.14 bits per heavy atom. The van der Waals surface area contributed by atoms with Crippen LogP contribution < -0.4 is 5.32 Å². The molecule has 0 fully saturated rings. The van der Waals surface area contributed by atoms with Gasteiger partial charge in [-0.05, 0) is 38.1 Å². The van der Waals surface area contributed by atoms with Crippen molar-refractivity contribution in [3.8, 4) is 0 Å². The van der Waals surface area contributed by atoms with E-state index in [4.69, 9.17) is 23.2 Å². The molecule has 0 saturated heterocycles. The van der Waals surface area contributed by atoms with E-state index in [1.807, 2.05) is 44.2 Å². The minimum atomic E-state index is -0.313. The van der Waals surface area contributed by atoms with Gasteiger partial charge < -0.3 is 10.2 Å². The van der Waals surface area contributed by atoms with Crippen LogP contribution in [0.5, 0.6) is 0 Å². The van der Waals surface area contributed by atoms with Crippen LogP contribution >= 0.6 is 23.2 Å². The average Bonchev–Trinajstić information content (AvgIpc) is 2.46. The second-order valence-electron chi connectivity index (χ2n) is 5.56. The molecule has 22 heavy (non-hydrogen) atoms. The molecule has 1 aliphatic heterocycles. The third-order valence-corrected chi connectivity index (χ3v) is 4.34. The lowest BCUT2D eigenvalue weighted by atomic mass is 10.0. The molecule has 3 nitrogen and oxygen atoms in total. The molecule has 5 heteroatoms. The van der Waals surface area contributed by atoms with Gasteiger partial charge in [0.15, 0.2) is 0 Å². The van der Waals surface area contributed by atoms with Crippen LogP contribution in [0.25, 0.3) is 0 Å². The van der Waals surface area contributed by atoms with Gasteiger partial charge in [0.05, 0.1) is 5.56 Å². The SMILES string of the molecule is CC(C)N1C(=O)c2ccccc2NC1c1ccc(Cl)cc1Cl. The fourth-order valence-electron chi connectivity index (χ4n) is 2.75. The number of carbonyl (C=O) groups excluding carboxylic acids is 1. The van der Waals surface area contributed by atoms with Crippen molar-refractivity contribution < 1.29 is 4.79 Å². The van der Waals surface area contributed by atoms with E-state index in [1.165, 1.54) is 0 Å². The Balaban J connectivity index is 2.11. The van der Waals surface area contributed by atoms with Gasteiger partial charge in [-0.1, -0.05) is 41.4 Å². The van der Waals surface area contributed by atoms with Gasteiger partial charge in [0, 0.05) is 27.3 Å². The predicted octanol–water partition coefficient (Wildman–Crippen LogP) is 4.97. The number of amides is 1. The minimum Gasteiger partial charge on any atom is -0.361 e. The summed E-state index contributed by atoms with van der Waals surface area (Å²) in [5, 5.41) is 4.53. The van der Waals surface area contributed by atoms with Crippen LogP contribution in [0.4, 0.5) is 5.69 Å². The Hall–Kier alpha value is -1.71. The summed E-state index contributed by atoms with van der Waals surface area (Å²) in [5.74, 6) is 0.000340. The highest BCUT2D eigenvalue weighted by Crippen LogP contribution is 2.37. The Kier molecular flexibility index (Phi) is 4.02. The maximum absolute atomic E-state index is 12.8. The van der Waals surface area contributed by atoms with Crippen LogP contribution in [0.1, 0.15) is 35.9 Å². The molecular weight excluding hydrogens is 319 g/mol.